The van der Waals surface area contributed by atoms with Gasteiger partial charge >= 0.3 is 5.97 Å². The summed E-state index contributed by atoms with van der Waals surface area (Å²) in [7, 11) is 0. The average molecular weight is 527 g/mol. The minimum atomic E-state index is -0.561. The largest absolute Gasteiger partial charge is 0.464 e. The van der Waals surface area contributed by atoms with Crippen molar-refractivity contribution in [2.24, 2.45) is 0 Å². The highest BCUT2D eigenvalue weighted by molar-refractivity contribution is 9.10. The monoisotopic (exact) mass is 526 g/mol. The first-order chi connectivity index (χ1) is 16.5. The predicted molar refractivity (Wildman–Crippen MR) is 129 cm³/mol. The zero-order chi connectivity index (χ0) is 24.1. The van der Waals surface area contributed by atoms with Gasteiger partial charge in [0.2, 0.25) is 0 Å². The maximum Gasteiger partial charge on any atom is 0.332 e. The summed E-state index contributed by atoms with van der Waals surface area (Å²) in [5.41, 5.74) is 3.27. The van der Waals surface area contributed by atoms with Crippen LogP contribution in [0, 0.1) is 17.1 Å². The van der Waals surface area contributed by atoms with E-state index < -0.39 is 5.82 Å². The lowest BCUT2D eigenvalue weighted by molar-refractivity contribution is -0.150. The van der Waals surface area contributed by atoms with Gasteiger partial charge in [0.15, 0.2) is 0 Å². The van der Waals surface area contributed by atoms with E-state index in [4.69, 9.17) is 14.7 Å². The highest BCUT2D eigenvalue weighted by Crippen LogP contribution is 2.29. The van der Waals surface area contributed by atoms with Crippen molar-refractivity contribution < 1.29 is 18.7 Å². The number of halogens is 2. The molecular weight excluding hydrogens is 503 g/mol. The molecule has 1 aromatic heterocycles. The van der Waals surface area contributed by atoms with E-state index in [1.807, 2.05) is 36.4 Å². The molecule has 9 heteroatoms. The minimum Gasteiger partial charge on any atom is -0.464 e. The fourth-order valence-corrected chi connectivity index (χ4v) is 4.37. The van der Waals surface area contributed by atoms with Crippen LogP contribution in [0.2, 0.25) is 0 Å². The van der Waals surface area contributed by atoms with Crippen molar-refractivity contribution in [1.82, 2.24) is 9.78 Å². The van der Waals surface area contributed by atoms with Gasteiger partial charge in [-0.2, -0.15) is 10.4 Å². The Hall–Kier alpha value is -3.22. The Morgan fingerprint density at radius 2 is 1.88 bits per heavy atom. The van der Waals surface area contributed by atoms with Crippen molar-refractivity contribution in [3.05, 3.63) is 64.5 Å². The predicted octanol–water partition coefficient (Wildman–Crippen LogP) is 4.86. The Bertz CT molecular complexity index is 1200. The molecule has 2 aromatic carbocycles. The molecule has 0 aliphatic carbocycles. The molecule has 0 saturated carbocycles. The van der Waals surface area contributed by atoms with E-state index >= 15 is 0 Å². The molecular formula is C25H24BrFN4O3. The summed E-state index contributed by atoms with van der Waals surface area (Å²) in [5.74, 6) is -0.886. The lowest BCUT2D eigenvalue weighted by atomic mass is 10.1. The fourth-order valence-electron chi connectivity index (χ4n) is 3.99. The summed E-state index contributed by atoms with van der Waals surface area (Å²) < 4.78 is 27.1. The number of aromatic nitrogens is 2. The van der Waals surface area contributed by atoms with Crippen molar-refractivity contribution in [3.8, 4) is 23.0 Å². The molecule has 2 heterocycles. The second kappa shape index (κ2) is 10.8. The van der Waals surface area contributed by atoms with E-state index in [1.165, 1.54) is 12.1 Å². The first kappa shape index (κ1) is 23.9. The Kier molecular flexibility index (Phi) is 7.60. The van der Waals surface area contributed by atoms with Gasteiger partial charge in [-0.3, -0.25) is 0 Å². The number of ether oxygens (including phenoxy) is 2. The van der Waals surface area contributed by atoms with Crippen LogP contribution in [0.3, 0.4) is 0 Å². The van der Waals surface area contributed by atoms with Crippen molar-refractivity contribution in [2.75, 3.05) is 31.2 Å². The normalized spacial score (nSPS) is 14.1. The van der Waals surface area contributed by atoms with Crippen LogP contribution in [0.1, 0.15) is 25.3 Å². The van der Waals surface area contributed by atoms with Gasteiger partial charge in [-0.25, -0.2) is 13.9 Å². The third-order valence-electron chi connectivity index (χ3n) is 5.71. The topological polar surface area (TPSA) is 80.4 Å². The van der Waals surface area contributed by atoms with Gasteiger partial charge in [0, 0.05) is 24.3 Å². The maximum atomic E-state index is 14.2. The third-order valence-corrected chi connectivity index (χ3v) is 6.10. The van der Waals surface area contributed by atoms with Crippen LogP contribution in [0.5, 0.6) is 0 Å². The van der Waals surface area contributed by atoms with E-state index in [9.17, 15) is 9.18 Å². The molecule has 34 heavy (non-hydrogen) atoms. The molecule has 0 unspecified atom stereocenters. The zero-order valence-electron chi connectivity index (χ0n) is 18.7. The zero-order valence-corrected chi connectivity index (χ0v) is 20.3. The summed E-state index contributed by atoms with van der Waals surface area (Å²) >= 11 is 3.41. The number of anilines is 1. The van der Waals surface area contributed by atoms with Gasteiger partial charge in [0.05, 0.1) is 29.7 Å². The first-order valence-corrected chi connectivity index (χ1v) is 11.9. The van der Waals surface area contributed by atoms with Gasteiger partial charge in [-0.05, 0) is 78.2 Å². The maximum absolute atomic E-state index is 14.2. The van der Waals surface area contributed by atoms with Crippen molar-refractivity contribution in [2.45, 2.75) is 25.9 Å². The van der Waals surface area contributed by atoms with Crippen LogP contribution in [0.25, 0.3) is 16.9 Å². The summed E-state index contributed by atoms with van der Waals surface area (Å²) in [4.78, 5) is 13.8. The Balaban J connectivity index is 1.44. The quantitative estimate of drug-likeness (QED) is 0.409. The van der Waals surface area contributed by atoms with E-state index in [-0.39, 0.29) is 24.2 Å². The molecule has 3 aromatic rings. The van der Waals surface area contributed by atoms with Crippen molar-refractivity contribution >= 4 is 27.6 Å². The van der Waals surface area contributed by atoms with Crippen molar-refractivity contribution in [1.29, 1.82) is 5.26 Å². The highest BCUT2D eigenvalue weighted by Gasteiger charge is 2.21. The van der Waals surface area contributed by atoms with Crippen LogP contribution >= 0.6 is 15.9 Å². The molecule has 7 nitrogen and oxygen atoms in total. The number of hydrogen-bond donors (Lipinski definition) is 0. The summed E-state index contributed by atoms with van der Waals surface area (Å²) in [6.45, 7) is 3.79. The number of nitrogens with zero attached hydrogens (tertiary/aromatic N) is 4. The van der Waals surface area contributed by atoms with Gasteiger partial charge in [-0.1, -0.05) is 6.07 Å². The number of carbonyl (C=O) groups excluding carboxylic acids is 1. The molecule has 1 fully saturated rings. The van der Waals surface area contributed by atoms with Gasteiger partial charge < -0.3 is 14.4 Å². The van der Waals surface area contributed by atoms with Crippen LogP contribution in [0.4, 0.5) is 10.1 Å². The fraction of sp³-hybridized carbons (Fsp3) is 0.320. The molecule has 0 bridgehead atoms. The van der Waals surface area contributed by atoms with E-state index in [0.29, 0.717) is 22.5 Å². The van der Waals surface area contributed by atoms with Crippen LogP contribution < -0.4 is 4.90 Å². The van der Waals surface area contributed by atoms with E-state index in [2.05, 4.69) is 25.9 Å². The number of esters is 1. The lowest BCUT2D eigenvalue weighted by Crippen LogP contribution is -2.37. The third kappa shape index (κ3) is 5.46. The Morgan fingerprint density at radius 3 is 2.53 bits per heavy atom. The highest BCUT2D eigenvalue weighted by atomic mass is 79.9. The molecule has 0 N–H and O–H groups in total. The molecule has 0 atom stereocenters. The Morgan fingerprint density at radius 1 is 1.18 bits per heavy atom. The molecule has 1 saturated heterocycles. The molecule has 176 valence electrons. The van der Waals surface area contributed by atoms with Crippen LogP contribution in [0.15, 0.2) is 53.1 Å². The molecule has 0 spiro atoms. The number of piperidine rings is 1. The van der Waals surface area contributed by atoms with E-state index in [1.54, 1.807) is 17.7 Å². The standard InChI is InChI=1S/C25H24BrFN4O3/c1-2-33-25(32)16-34-21-9-11-30(12-10-21)19-5-7-20(8-6-19)31-23(14-24(26)29-31)17-3-4-18(15-28)22(27)13-17/h3-8,13-14,21H,2,9-12,16H2,1H3. The molecule has 1 aliphatic rings. The minimum absolute atomic E-state index is 0.00188. The number of nitriles is 1. The Labute approximate surface area is 205 Å². The average Bonchev–Trinajstić information content (AvgIpc) is 3.25. The number of carbonyl (C=O) groups is 1. The molecule has 4 rings (SSSR count). The first-order valence-electron chi connectivity index (χ1n) is 11.1. The second-order valence-corrected chi connectivity index (χ2v) is 8.70. The van der Waals surface area contributed by atoms with Gasteiger partial charge in [-0.15, -0.1) is 0 Å². The number of hydrogen-bond acceptors (Lipinski definition) is 6. The van der Waals surface area contributed by atoms with Crippen LogP contribution in [-0.4, -0.2) is 48.2 Å². The summed E-state index contributed by atoms with van der Waals surface area (Å²) in [5, 5.41) is 13.5. The molecule has 0 amide bonds. The lowest BCUT2D eigenvalue weighted by Gasteiger charge is -2.33. The van der Waals surface area contributed by atoms with Crippen LogP contribution in [-0.2, 0) is 14.3 Å². The molecule has 0 radical (unpaired) electrons. The van der Waals surface area contributed by atoms with Gasteiger partial charge in [0.1, 0.15) is 23.1 Å². The SMILES string of the molecule is CCOC(=O)COC1CCN(c2ccc(-n3nc(Br)cc3-c3ccc(C#N)c(F)c3)cc2)CC1. The van der Waals surface area contributed by atoms with E-state index in [0.717, 1.165) is 37.3 Å². The molecule has 1 aliphatic heterocycles. The summed E-state index contributed by atoms with van der Waals surface area (Å²) in [6.07, 6.45) is 1.72. The smallest absolute Gasteiger partial charge is 0.332 e. The van der Waals surface area contributed by atoms with Crippen molar-refractivity contribution in [3.63, 3.8) is 0 Å². The summed E-state index contributed by atoms with van der Waals surface area (Å²) in [6, 6.07) is 16.2. The van der Waals surface area contributed by atoms with Gasteiger partial charge in [0.25, 0.3) is 0 Å². The number of benzene rings is 2. The second-order valence-electron chi connectivity index (χ2n) is 7.89. The number of rotatable bonds is 7.